The summed E-state index contributed by atoms with van der Waals surface area (Å²) in [6.45, 7) is 7.52. The van der Waals surface area contributed by atoms with E-state index in [1.165, 1.54) is 19.3 Å². The standard InChI is InChI=1S/C20H33N3O2.ClH/c1-3-25-16-19-7-5-4-6-18(19)14-22-20(24)15-23-12-9-17(10-13-23)8-11-21-2;/h4-7,17,21H,3,8-16H2,1-2H3,(H,22,24);1H. The molecule has 0 bridgehead atoms. The Morgan fingerprint density at radius 3 is 2.58 bits per heavy atom. The van der Waals surface area contributed by atoms with Crippen LogP contribution in [-0.4, -0.2) is 50.6 Å². The zero-order valence-electron chi connectivity index (χ0n) is 16.1. The number of nitrogens with zero attached hydrogens (tertiary/aromatic N) is 1. The van der Waals surface area contributed by atoms with Gasteiger partial charge in [0.25, 0.3) is 0 Å². The molecular formula is C20H34ClN3O2. The Kier molecular flexibility index (Phi) is 11.5. The molecule has 0 unspecified atom stereocenters. The van der Waals surface area contributed by atoms with E-state index in [1.54, 1.807) is 0 Å². The van der Waals surface area contributed by atoms with Crippen LogP contribution in [0.5, 0.6) is 0 Å². The number of amides is 1. The number of ether oxygens (including phenoxy) is 1. The molecule has 1 aliphatic rings. The molecule has 1 aromatic rings. The molecule has 2 N–H and O–H groups in total. The minimum absolute atomic E-state index is 0. The van der Waals surface area contributed by atoms with Crippen LogP contribution in [0.25, 0.3) is 0 Å². The third-order valence-corrected chi connectivity index (χ3v) is 4.93. The molecule has 148 valence electrons. The van der Waals surface area contributed by atoms with E-state index >= 15 is 0 Å². The van der Waals surface area contributed by atoms with Crippen molar-refractivity contribution in [1.82, 2.24) is 15.5 Å². The molecule has 0 atom stereocenters. The zero-order valence-corrected chi connectivity index (χ0v) is 16.9. The number of carbonyl (C=O) groups is 1. The highest BCUT2D eigenvalue weighted by Crippen LogP contribution is 2.19. The highest BCUT2D eigenvalue weighted by atomic mass is 35.5. The topological polar surface area (TPSA) is 53.6 Å². The van der Waals surface area contributed by atoms with Crippen LogP contribution < -0.4 is 10.6 Å². The Labute approximate surface area is 164 Å². The van der Waals surface area contributed by atoms with Crippen LogP contribution in [0.15, 0.2) is 24.3 Å². The van der Waals surface area contributed by atoms with Gasteiger partial charge < -0.3 is 15.4 Å². The maximum absolute atomic E-state index is 12.3. The Morgan fingerprint density at radius 2 is 1.92 bits per heavy atom. The van der Waals surface area contributed by atoms with Crippen LogP contribution in [0, 0.1) is 5.92 Å². The lowest BCUT2D eigenvalue weighted by Gasteiger charge is -2.31. The molecule has 26 heavy (non-hydrogen) atoms. The van der Waals surface area contributed by atoms with Crippen LogP contribution in [0.4, 0.5) is 0 Å². The van der Waals surface area contributed by atoms with Crippen LogP contribution in [0.3, 0.4) is 0 Å². The molecule has 1 fully saturated rings. The van der Waals surface area contributed by atoms with Gasteiger partial charge in [0.2, 0.25) is 5.91 Å². The molecule has 0 spiro atoms. The van der Waals surface area contributed by atoms with Crippen molar-refractivity contribution in [2.24, 2.45) is 5.92 Å². The molecule has 1 aromatic carbocycles. The van der Waals surface area contributed by atoms with E-state index in [-0.39, 0.29) is 18.3 Å². The number of hydrogen-bond acceptors (Lipinski definition) is 4. The van der Waals surface area contributed by atoms with E-state index in [9.17, 15) is 4.79 Å². The Hall–Kier alpha value is -1.14. The molecule has 5 nitrogen and oxygen atoms in total. The summed E-state index contributed by atoms with van der Waals surface area (Å²) in [6, 6.07) is 8.14. The zero-order chi connectivity index (χ0) is 17.9. The Morgan fingerprint density at radius 1 is 1.23 bits per heavy atom. The number of nitrogens with one attached hydrogen (secondary N) is 2. The third-order valence-electron chi connectivity index (χ3n) is 4.93. The first-order chi connectivity index (χ1) is 12.2. The maximum Gasteiger partial charge on any atom is 0.234 e. The molecule has 0 aliphatic carbocycles. The van der Waals surface area contributed by atoms with Gasteiger partial charge in [-0.15, -0.1) is 12.4 Å². The Balaban J connectivity index is 0.00000338. The van der Waals surface area contributed by atoms with Gasteiger partial charge in [-0.1, -0.05) is 24.3 Å². The number of benzene rings is 1. The van der Waals surface area contributed by atoms with Crippen LogP contribution in [0.2, 0.25) is 0 Å². The summed E-state index contributed by atoms with van der Waals surface area (Å²) in [5.41, 5.74) is 2.28. The van der Waals surface area contributed by atoms with Gasteiger partial charge in [-0.25, -0.2) is 0 Å². The molecule has 6 heteroatoms. The molecule has 1 amide bonds. The van der Waals surface area contributed by atoms with Gasteiger partial charge in [-0.05, 0) is 69.9 Å². The number of likely N-dealkylation sites (tertiary alicyclic amines) is 1. The van der Waals surface area contributed by atoms with Crippen molar-refractivity contribution in [1.29, 1.82) is 0 Å². The predicted octanol–water partition coefficient (Wildman–Crippen LogP) is 2.58. The van der Waals surface area contributed by atoms with Gasteiger partial charge in [0.05, 0.1) is 13.2 Å². The summed E-state index contributed by atoms with van der Waals surface area (Å²) in [4.78, 5) is 14.5. The number of carbonyl (C=O) groups excluding carboxylic acids is 1. The second-order valence-electron chi connectivity index (χ2n) is 6.79. The first-order valence-corrected chi connectivity index (χ1v) is 9.51. The van der Waals surface area contributed by atoms with Gasteiger partial charge in [0, 0.05) is 13.2 Å². The van der Waals surface area contributed by atoms with Crippen molar-refractivity contribution in [3.8, 4) is 0 Å². The molecule has 1 saturated heterocycles. The number of rotatable bonds is 10. The largest absolute Gasteiger partial charge is 0.377 e. The fraction of sp³-hybridized carbons (Fsp3) is 0.650. The Bertz CT molecular complexity index is 520. The van der Waals surface area contributed by atoms with Crippen LogP contribution in [0.1, 0.15) is 37.3 Å². The predicted molar refractivity (Wildman–Crippen MR) is 109 cm³/mol. The van der Waals surface area contributed by atoms with Gasteiger partial charge in [-0.2, -0.15) is 0 Å². The summed E-state index contributed by atoms with van der Waals surface area (Å²) in [5.74, 6) is 0.914. The second-order valence-corrected chi connectivity index (χ2v) is 6.79. The molecular weight excluding hydrogens is 350 g/mol. The lowest BCUT2D eigenvalue weighted by Crippen LogP contribution is -2.41. The summed E-state index contributed by atoms with van der Waals surface area (Å²) in [6.07, 6.45) is 3.64. The first kappa shape index (κ1) is 22.9. The minimum Gasteiger partial charge on any atom is -0.377 e. The van der Waals surface area contributed by atoms with Crippen molar-refractivity contribution in [2.45, 2.75) is 39.3 Å². The van der Waals surface area contributed by atoms with Crippen molar-refractivity contribution in [3.63, 3.8) is 0 Å². The van der Waals surface area contributed by atoms with E-state index in [0.717, 1.165) is 36.7 Å². The average molecular weight is 384 g/mol. The van der Waals surface area contributed by atoms with Crippen LogP contribution >= 0.6 is 12.4 Å². The average Bonchev–Trinajstić information content (AvgIpc) is 2.65. The molecule has 1 aliphatic heterocycles. The quantitative estimate of drug-likeness (QED) is 0.652. The minimum atomic E-state index is 0. The molecule has 0 saturated carbocycles. The molecule has 0 aromatic heterocycles. The fourth-order valence-corrected chi connectivity index (χ4v) is 3.32. The highest BCUT2D eigenvalue weighted by Gasteiger charge is 2.20. The molecule has 2 rings (SSSR count). The molecule has 0 radical (unpaired) electrons. The van der Waals surface area contributed by atoms with E-state index in [0.29, 0.717) is 26.3 Å². The summed E-state index contributed by atoms with van der Waals surface area (Å²) < 4.78 is 5.50. The number of hydrogen-bond donors (Lipinski definition) is 2. The monoisotopic (exact) mass is 383 g/mol. The lowest BCUT2D eigenvalue weighted by atomic mass is 9.93. The van der Waals surface area contributed by atoms with E-state index in [4.69, 9.17) is 4.74 Å². The van der Waals surface area contributed by atoms with Gasteiger partial charge >= 0.3 is 0 Å². The third kappa shape index (κ3) is 8.04. The maximum atomic E-state index is 12.3. The second kappa shape index (κ2) is 13.1. The van der Waals surface area contributed by atoms with E-state index < -0.39 is 0 Å². The van der Waals surface area contributed by atoms with Gasteiger partial charge in [0.1, 0.15) is 0 Å². The van der Waals surface area contributed by atoms with E-state index in [2.05, 4.69) is 27.7 Å². The fourth-order valence-electron chi connectivity index (χ4n) is 3.32. The number of piperidine rings is 1. The van der Waals surface area contributed by atoms with Crippen molar-refractivity contribution in [2.75, 3.05) is 39.8 Å². The normalized spacial score (nSPS) is 15.5. The number of halogens is 1. The highest BCUT2D eigenvalue weighted by molar-refractivity contribution is 5.85. The van der Waals surface area contributed by atoms with Crippen LogP contribution in [-0.2, 0) is 22.7 Å². The summed E-state index contributed by atoms with van der Waals surface area (Å²) >= 11 is 0. The smallest absolute Gasteiger partial charge is 0.234 e. The van der Waals surface area contributed by atoms with Gasteiger partial charge in [-0.3, -0.25) is 9.69 Å². The summed E-state index contributed by atoms with van der Waals surface area (Å²) in [7, 11) is 2.01. The first-order valence-electron chi connectivity index (χ1n) is 9.51. The van der Waals surface area contributed by atoms with Crippen molar-refractivity contribution in [3.05, 3.63) is 35.4 Å². The van der Waals surface area contributed by atoms with E-state index in [1.807, 2.05) is 26.1 Å². The van der Waals surface area contributed by atoms with Crippen molar-refractivity contribution >= 4 is 18.3 Å². The van der Waals surface area contributed by atoms with Crippen molar-refractivity contribution < 1.29 is 9.53 Å². The summed E-state index contributed by atoms with van der Waals surface area (Å²) in [5, 5.41) is 6.28. The lowest BCUT2D eigenvalue weighted by molar-refractivity contribution is -0.122. The molecule has 1 heterocycles. The SMILES string of the molecule is CCOCc1ccccc1CNC(=O)CN1CCC(CCNC)CC1.Cl. The van der Waals surface area contributed by atoms with Gasteiger partial charge in [0.15, 0.2) is 0 Å².